The summed E-state index contributed by atoms with van der Waals surface area (Å²) in [5.74, 6) is 2.33. The van der Waals surface area contributed by atoms with Gasteiger partial charge in [0.25, 0.3) is 0 Å². The molecule has 13 heavy (non-hydrogen) atoms. The largest absolute Gasteiger partial charge is 0.316 e. The van der Waals surface area contributed by atoms with E-state index in [-0.39, 0.29) is 0 Å². The third-order valence-corrected chi connectivity index (χ3v) is 3.41. The summed E-state index contributed by atoms with van der Waals surface area (Å²) in [4.78, 5) is 0. The number of hydrogen-bond acceptors (Lipinski definition) is 2. The normalized spacial score (nSPS) is 15.6. The molecule has 0 fully saturated rings. The molecule has 0 bridgehead atoms. The maximum atomic E-state index is 11.1. The Hall–Kier alpha value is 0.110. The maximum absolute atomic E-state index is 11.1. The van der Waals surface area contributed by atoms with Crippen molar-refractivity contribution < 1.29 is 4.21 Å². The minimum Gasteiger partial charge on any atom is -0.316 e. The molecule has 2 nitrogen and oxygen atoms in total. The van der Waals surface area contributed by atoms with E-state index in [0.29, 0.717) is 0 Å². The van der Waals surface area contributed by atoms with Crippen LogP contribution in [-0.4, -0.2) is 28.8 Å². The van der Waals surface area contributed by atoms with Gasteiger partial charge in [0.2, 0.25) is 0 Å². The Morgan fingerprint density at radius 1 is 1.38 bits per heavy atom. The van der Waals surface area contributed by atoms with Gasteiger partial charge < -0.3 is 5.32 Å². The number of hydrogen-bond donors (Lipinski definition) is 1. The second-order valence-corrected chi connectivity index (χ2v) is 5.40. The van der Waals surface area contributed by atoms with Crippen LogP contribution in [0.5, 0.6) is 0 Å². The second-order valence-electron chi connectivity index (χ2n) is 3.53. The van der Waals surface area contributed by atoms with E-state index in [1.54, 1.807) is 0 Å². The summed E-state index contributed by atoms with van der Waals surface area (Å²) < 4.78 is 11.1. The Bertz CT molecular complexity index is 139. The molecule has 3 heteroatoms. The summed E-state index contributed by atoms with van der Waals surface area (Å²) in [6.07, 6.45) is 2.54. The highest BCUT2D eigenvalue weighted by Crippen LogP contribution is 2.02. The van der Waals surface area contributed by atoms with Gasteiger partial charge in [-0.1, -0.05) is 27.2 Å². The molecule has 1 N–H and O–H groups in total. The van der Waals surface area contributed by atoms with Gasteiger partial charge in [0.15, 0.2) is 0 Å². The molecule has 0 saturated carbocycles. The lowest BCUT2D eigenvalue weighted by atomic mass is 10.1. The molecule has 80 valence electrons. The van der Waals surface area contributed by atoms with Crippen LogP contribution >= 0.6 is 0 Å². The first kappa shape index (κ1) is 13.1. The van der Waals surface area contributed by atoms with Crippen molar-refractivity contribution in [3.8, 4) is 0 Å². The van der Waals surface area contributed by atoms with E-state index in [2.05, 4.69) is 19.2 Å². The molecule has 0 aromatic carbocycles. The molecule has 0 aromatic heterocycles. The van der Waals surface area contributed by atoms with Gasteiger partial charge in [-0.05, 0) is 18.9 Å². The van der Waals surface area contributed by atoms with Gasteiger partial charge in [-0.3, -0.25) is 4.21 Å². The van der Waals surface area contributed by atoms with E-state index in [0.717, 1.165) is 30.5 Å². The molecular weight excluding hydrogens is 182 g/mol. The smallest absolute Gasteiger partial charge is 0.0359 e. The van der Waals surface area contributed by atoms with Crippen LogP contribution in [0.1, 0.15) is 33.6 Å². The van der Waals surface area contributed by atoms with Crippen molar-refractivity contribution >= 4 is 10.8 Å². The van der Waals surface area contributed by atoms with E-state index in [1.165, 1.54) is 12.8 Å². The molecule has 2 unspecified atom stereocenters. The fourth-order valence-electron chi connectivity index (χ4n) is 1.27. The second kappa shape index (κ2) is 8.70. The molecule has 0 amide bonds. The minimum atomic E-state index is -0.608. The quantitative estimate of drug-likeness (QED) is 0.612. The Morgan fingerprint density at radius 2 is 2.08 bits per heavy atom. The summed E-state index contributed by atoms with van der Waals surface area (Å²) in [6, 6.07) is 0. The van der Waals surface area contributed by atoms with Crippen molar-refractivity contribution in [1.29, 1.82) is 0 Å². The molecule has 0 saturated heterocycles. The summed E-state index contributed by atoms with van der Waals surface area (Å²) in [7, 11) is -0.608. The van der Waals surface area contributed by atoms with Crippen LogP contribution < -0.4 is 5.32 Å². The van der Waals surface area contributed by atoms with Crippen LogP contribution in [0.15, 0.2) is 0 Å². The average Bonchev–Trinajstić information content (AvgIpc) is 2.12. The van der Waals surface area contributed by atoms with Gasteiger partial charge in [-0.25, -0.2) is 0 Å². The minimum absolute atomic E-state index is 0.608. The molecule has 0 radical (unpaired) electrons. The molecule has 0 heterocycles. The third kappa shape index (κ3) is 8.44. The lowest BCUT2D eigenvalue weighted by Crippen LogP contribution is -2.25. The first-order valence-electron chi connectivity index (χ1n) is 5.26. The highest BCUT2D eigenvalue weighted by atomic mass is 32.2. The summed E-state index contributed by atoms with van der Waals surface area (Å²) in [5, 5.41) is 3.34. The summed E-state index contributed by atoms with van der Waals surface area (Å²) >= 11 is 0. The van der Waals surface area contributed by atoms with E-state index < -0.39 is 10.8 Å². The maximum Gasteiger partial charge on any atom is 0.0359 e. The fourth-order valence-corrected chi connectivity index (χ4v) is 1.93. The summed E-state index contributed by atoms with van der Waals surface area (Å²) in [6.45, 7) is 8.40. The van der Waals surface area contributed by atoms with Crippen molar-refractivity contribution in [3.63, 3.8) is 0 Å². The van der Waals surface area contributed by atoms with Crippen molar-refractivity contribution in [1.82, 2.24) is 5.32 Å². The predicted octanol–water partition coefficient (Wildman–Crippen LogP) is 1.78. The van der Waals surface area contributed by atoms with Crippen LogP contribution in [0.25, 0.3) is 0 Å². The standard InChI is InChI=1S/C10H23NOS/c1-4-6-10(3)9-11-7-8-13(12)5-2/h10-11H,4-9H2,1-3H3. The lowest BCUT2D eigenvalue weighted by molar-refractivity contribution is 0.484. The van der Waals surface area contributed by atoms with Crippen LogP contribution in [-0.2, 0) is 10.8 Å². The summed E-state index contributed by atoms with van der Waals surface area (Å²) in [5.41, 5.74) is 0. The van der Waals surface area contributed by atoms with Gasteiger partial charge in [-0.2, -0.15) is 0 Å². The van der Waals surface area contributed by atoms with Crippen molar-refractivity contribution in [2.24, 2.45) is 5.92 Å². The molecular formula is C10H23NOS. The van der Waals surface area contributed by atoms with E-state index in [1.807, 2.05) is 6.92 Å². The van der Waals surface area contributed by atoms with E-state index >= 15 is 0 Å². The average molecular weight is 205 g/mol. The SMILES string of the molecule is CCCC(C)CNCCS(=O)CC. The molecule has 0 aliphatic carbocycles. The zero-order chi connectivity index (χ0) is 10.1. The molecule has 0 aliphatic rings. The van der Waals surface area contributed by atoms with Gasteiger partial charge in [0.1, 0.15) is 0 Å². The van der Waals surface area contributed by atoms with Gasteiger partial charge in [0, 0.05) is 28.9 Å². The monoisotopic (exact) mass is 205 g/mol. The molecule has 0 aromatic rings. The van der Waals surface area contributed by atoms with Gasteiger partial charge in [0.05, 0.1) is 0 Å². The Labute approximate surface area is 84.9 Å². The lowest BCUT2D eigenvalue weighted by Gasteiger charge is -2.10. The van der Waals surface area contributed by atoms with Gasteiger partial charge >= 0.3 is 0 Å². The van der Waals surface area contributed by atoms with Crippen LogP contribution in [0.3, 0.4) is 0 Å². The highest BCUT2D eigenvalue weighted by Gasteiger charge is 2.00. The van der Waals surface area contributed by atoms with Crippen molar-refractivity contribution in [2.75, 3.05) is 24.6 Å². The first-order valence-corrected chi connectivity index (χ1v) is 6.75. The first-order chi connectivity index (χ1) is 6.20. The van der Waals surface area contributed by atoms with Crippen molar-refractivity contribution in [2.45, 2.75) is 33.6 Å². The molecule has 2 atom stereocenters. The van der Waals surface area contributed by atoms with Crippen molar-refractivity contribution in [3.05, 3.63) is 0 Å². The Kier molecular flexibility index (Phi) is 8.77. The fraction of sp³-hybridized carbons (Fsp3) is 1.00. The molecule has 0 aliphatic heterocycles. The Balaban J connectivity index is 3.20. The van der Waals surface area contributed by atoms with Crippen LogP contribution in [0.2, 0.25) is 0 Å². The van der Waals surface area contributed by atoms with E-state index in [9.17, 15) is 4.21 Å². The van der Waals surface area contributed by atoms with Crippen LogP contribution in [0, 0.1) is 5.92 Å². The molecule has 0 spiro atoms. The zero-order valence-corrected chi connectivity index (χ0v) is 9.95. The van der Waals surface area contributed by atoms with Gasteiger partial charge in [-0.15, -0.1) is 0 Å². The molecule has 0 rings (SSSR count). The predicted molar refractivity (Wildman–Crippen MR) is 60.5 cm³/mol. The van der Waals surface area contributed by atoms with E-state index in [4.69, 9.17) is 0 Å². The third-order valence-electron chi connectivity index (χ3n) is 2.10. The Morgan fingerprint density at radius 3 is 2.62 bits per heavy atom. The van der Waals surface area contributed by atoms with Crippen LogP contribution in [0.4, 0.5) is 0 Å². The number of nitrogens with one attached hydrogen (secondary N) is 1. The number of rotatable bonds is 8. The zero-order valence-electron chi connectivity index (χ0n) is 9.14. The topological polar surface area (TPSA) is 29.1 Å². The highest BCUT2D eigenvalue weighted by molar-refractivity contribution is 7.84.